The van der Waals surface area contributed by atoms with Crippen molar-refractivity contribution in [2.24, 2.45) is 0 Å². The number of fused-ring (bicyclic) bond motifs is 1. The molecule has 2 rings (SSSR count). The highest BCUT2D eigenvalue weighted by molar-refractivity contribution is 9.14. The average molecular weight is 529 g/mol. The van der Waals surface area contributed by atoms with E-state index in [-0.39, 0.29) is 5.54 Å². The van der Waals surface area contributed by atoms with E-state index in [9.17, 15) is 22.5 Å². The largest absolute Gasteiger partial charge is 0.673 e. The summed E-state index contributed by atoms with van der Waals surface area (Å²) in [6.07, 6.45) is 0. The molecule has 0 bridgehead atoms. The highest BCUT2D eigenvalue weighted by Crippen LogP contribution is 2.35. The second-order valence-corrected chi connectivity index (χ2v) is 7.71. The van der Waals surface area contributed by atoms with Crippen LogP contribution in [0.25, 0.3) is 11.0 Å². The summed E-state index contributed by atoms with van der Waals surface area (Å²) in [7, 11) is -6.00. The van der Waals surface area contributed by atoms with Gasteiger partial charge < -0.3 is 22.5 Å². The molecule has 2 aromatic rings. The minimum absolute atomic E-state index is 0.362. The van der Waals surface area contributed by atoms with Crippen molar-refractivity contribution < 1.29 is 26.9 Å². The minimum atomic E-state index is -6.00. The summed E-state index contributed by atoms with van der Waals surface area (Å²) in [6, 6.07) is 1.68. The van der Waals surface area contributed by atoms with Crippen molar-refractivity contribution in [1.29, 1.82) is 0 Å². The van der Waals surface area contributed by atoms with Crippen molar-refractivity contribution in [2.45, 2.75) is 26.3 Å². The fourth-order valence-corrected chi connectivity index (χ4v) is 2.82. The summed E-state index contributed by atoms with van der Waals surface area (Å²) >= 11 is 10.2. The van der Waals surface area contributed by atoms with Gasteiger partial charge in [0.15, 0.2) is 0 Å². The van der Waals surface area contributed by atoms with Crippen molar-refractivity contribution in [2.75, 3.05) is 0 Å². The van der Waals surface area contributed by atoms with E-state index in [4.69, 9.17) is 0 Å². The minimum Gasteiger partial charge on any atom is -0.590 e. The fourth-order valence-electron chi connectivity index (χ4n) is 1.34. The summed E-state index contributed by atoms with van der Waals surface area (Å²) < 4.78 is 41.3. The Bertz CT molecular complexity index is 733. The third kappa shape index (κ3) is 5.78. The molecule has 0 amide bonds. The van der Waals surface area contributed by atoms with Crippen molar-refractivity contribution >= 4 is 66.1 Å². The molecule has 0 aliphatic rings. The maximum atomic E-state index is 11.9. The molecule has 0 aliphatic carbocycles. The summed E-state index contributed by atoms with van der Waals surface area (Å²) in [4.78, 5) is 1.99. The average Bonchev–Trinajstić information content (AvgIpc) is 2.34. The molecule has 0 fully saturated rings. The molecule has 5 nitrogen and oxygen atoms in total. The lowest BCUT2D eigenvalue weighted by Gasteiger charge is -2.07. The predicted octanol–water partition coefficient (Wildman–Crippen LogP) is 3.89. The lowest BCUT2D eigenvalue weighted by atomic mass is 10.1. The lowest BCUT2D eigenvalue weighted by Crippen LogP contribution is -2.62. The highest BCUT2D eigenvalue weighted by Gasteiger charge is 2.32. The van der Waals surface area contributed by atoms with Crippen molar-refractivity contribution in [3.8, 4) is 0 Å². The smallest absolute Gasteiger partial charge is 0.590 e. The first-order valence-corrected chi connectivity index (χ1v) is 8.35. The van der Waals surface area contributed by atoms with Crippen LogP contribution in [0.4, 0.5) is 17.3 Å². The molecule has 128 valence electrons. The molecule has 13 heteroatoms. The summed E-state index contributed by atoms with van der Waals surface area (Å²) in [6.45, 7) is 5.79. The molecule has 0 N–H and O–H groups in total. The Morgan fingerprint density at radius 3 is 2.00 bits per heavy atom. The lowest BCUT2D eigenvalue weighted by molar-refractivity contribution is -0.941. The second kappa shape index (κ2) is 7.13. The van der Waals surface area contributed by atoms with Crippen LogP contribution in [0, 0.1) is 5.21 Å². The Morgan fingerprint density at radius 2 is 1.57 bits per heavy atom. The van der Waals surface area contributed by atoms with E-state index in [0.29, 0.717) is 15.9 Å². The van der Waals surface area contributed by atoms with Crippen LogP contribution < -0.4 is 9.64 Å². The van der Waals surface area contributed by atoms with Gasteiger partial charge >= 0.3 is 12.5 Å². The quantitative estimate of drug-likeness (QED) is 0.171. The van der Waals surface area contributed by atoms with Gasteiger partial charge in [0.1, 0.15) is 0 Å². The topological polar surface area (TPSA) is 56.6 Å². The first kappa shape index (κ1) is 20.5. The van der Waals surface area contributed by atoms with Gasteiger partial charge in [0, 0.05) is 45.7 Å². The van der Waals surface area contributed by atoms with Crippen LogP contribution in [0.1, 0.15) is 20.8 Å². The zero-order chi connectivity index (χ0) is 18.2. The van der Waals surface area contributed by atoms with Crippen LogP contribution in [0.2, 0.25) is 0 Å². The standard InChI is InChI=1S/C10H10Br3N4O.BF4/c1-10(2,3)17-14-9-6(16(18)15-17)4-5(11)7(12)8(9)13;2-1(3,4)5/h4H,1-3H3;/q+1;-1. The number of hydrogen-bond acceptors (Lipinski definition) is 3. The Hall–Kier alpha value is -0.555. The van der Waals surface area contributed by atoms with Crippen molar-refractivity contribution in [1.82, 2.24) is 10.3 Å². The Morgan fingerprint density at radius 1 is 1.09 bits per heavy atom. The van der Waals surface area contributed by atoms with Gasteiger partial charge in [0.2, 0.25) is 11.1 Å². The molecule has 0 spiro atoms. The van der Waals surface area contributed by atoms with E-state index in [1.165, 1.54) is 4.80 Å². The molecule has 23 heavy (non-hydrogen) atoms. The van der Waals surface area contributed by atoms with Gasteiger partial charge in [-0.25, -0.2) is 0 Å². The normalized spacial score (nSPS) is 12.1. The van der Waals surface area contributed by atoms with Crippen LogP contribution >= 0.6 is 47.8 Å². The van der Waals surface area contributed by atoms with Crippen LogP contribution in [-0.2, 0) is 5.54 Å². The molecular weight excluding hydrogens is 519 g/mol. The van der Waals surface area contributed by atoms with Crippen molar-refractivity contribution in [3.05, 3.63) is 24.7 Å². The van der Waals surface area contributed by atoms with Crippen LogP contribution in [0.15, 0.2) is 19.5 Å². The van der Waals surface area contributed by atoms with E-state index in [2.05, 4.69) is 58.1 Å². The van der Waals surface area contributed by atoms with Gasteiger partial charge in [-0.15, -0.1) is 0 Å². The SMILES string of the molecule is CC(C)(C)[n+]1nc2c(Br)c(Br)c(Br)cc2[n+]([O-])n1.F[B-](F)(F)F. The first-order valence-electron chi connectivity index (χ1n) is 5.97. The predicted molar refractivity (Wildman–Crippen MR) is 87.0 cm³/mol. The Balaban J connectivity index is 0.000000463. The van der Waals surface area contributed by atoms with Crippen molar-refractivity contribution in [3.63, 3.8) is 0 Å². The summed E-state index contributed by atoms with van der Waals surface area (Å²) in [5, 5.41) is 20.2. The van der Waals surface area contributed by atoms with Gasteiger partial charge in [-0.05, 0) is 47.8 Å². The van der Waals surface area contributed by atoms with E-state index in [1.54, 1.807) is 6.07 Å². The molecule has 0 aliphatic heterocycles. The molecule has 1 aromatic heterocycles. The molecule has 0 radical (unpaired) electrons. The van der Waals surface area contributed by atoms with E-state index < -0.39 is 7.25 Å². The third-order valence-electron chi connectivity index (χ3n) is 2.28. The molecule has 1 heterocycles. The Labute approximate surface area is 154 Å². The summed E-state index contributed by atoms with van der Waals surface area (Å²) in [5.74, 6) is 0. The third-order valence-corrected chi connectivity index (χ3v) is 5.57. The Kier molecular flexibility index (Phi) is 6.36. The zero-order valence-corrected chi connectivity index (χ0v) is 16.8. The monoisotopic (exact) mass is 526 g/mol. The van der Waals surface area contributed by atoms with Crippen LogP contribution in [0.3, 0.4) is 0 Å². The van der Waals surface area contributed by atoms with E-state index in [0.717, 1.165) is 13.4 Å². The molecule has 0 saturated carbocycles. The van der Waals surface area contributed by atoms with Crippen LogP contribution in [-0.4, -0.2) is 17.6 Å². The van der Waals surface area contributed by atoms with Gasteiger partial charge in [0.05, 0.1) is 9.27 Å². The van der Waals surface area contributed by atoms with Crippen LogP contribution in [0.5, 0.6) is 0 Å². The number of benzene rings is 1. The van der Waals surface area contributed by atoms with Gasteiger partial charge in [0.25, 0.3) is 5.52 Å². The fraction of sp³-hybridized carbons (Fsp3) is 0.400. The maximum Gasteiger partial charge on any atom is 0.673 e. The number of nitrogens with zero attached hydrogens (tertiary/aromatic N) is 4. The number of aromatic nitrogens is 4. The highest BCUT2D eigenvalue weighted by atomic mass is 79.9. The maximum absolute atomic E-state index is 11.9. The van der Waals surface area contributed by atoms with E-state index in [1.807, 2.05) is 20.8 Å². The zero-order valence-electron chi connectivity index (χ0n) is 12.0. The second-order valence-electron chi connectivity index (χ2n) is 5.27. The molecule has 0 atom stereocenters. The number of rotatable bonds is 0. The molecule has 0 unspecified atom stereocenters. The van der Waals surface area contributed by atoms with Gasteiger partial charge in [-0.2, -0.15) is 0 Å². The molecule has 1 aromatic carbocycles. The molecular formula is C10H10BBr3F4N4O. The van der Waals surface area contributed by atoms with E-state index >= 15 is 0 Å². The molecule has 0 saturated heterocycles. The number of hydrogen-bond donors (Lipinski definition) is 0. The summed E-state index contributed by atoms with van der Waals surface area (Å²) in [5.41, 5.74) is 0.599. The first-order chi connectivity index (χ1) is 10.2. The van der Waals surface area contributed by atoms with Gasteiger partial charge in [-0.1, -0.05) is 0 Å². The number of halogens is 7. The van der Waals surface area contributed by atoms with Gasteiger partial charge in [-0.3, -0.25) is 0 Å².